The van der Waals surface area contributed by atoms with E-state index in [1.165, 1.54) is 0 Å². The summed E-state index contributed by atoms with van der Waals surface area (Å²) in [7, 11) is 0.370. The van der Waals surface area contributed by atoms with Crippen LogP contribution >= 0.6 is 8.58 Å². The number of piperidine rings is 1. The molecule has 35 heavy (non-hydrogen) atoms. The summed E-state index contributed by atoms with van der Waals surface area (Å²) in [5, 5.41) is 4.56. The zero-order valence-electron chi connectivity index (χ0n) is 20.1. The average molecular weight is 488 g/mol. The van der Waals surface area contributed by atoms with Gasteiger partial charge in [-0.3, -0.25) is 14.6 Å². The van der Waals surface area contributed by atoms with Gasteiger partial charge in [-0.05, 0) is 31.7 Å². The lowest BCUT2D eigenvalue weighted by molar-refractivity contribution is -0.132. The van der Waals surface area contributed by atoms with Crippen molar-refractivity contribution in [2.45, 2.75) is 38.8 Å². The van der Waals surface area contributed by atoms with E-state index in [4.69, 9.17) is 5.73 Å². The molecule has 0 saturated carbocycles. The standard InChI is InChI=1S/C27H30N5O2P/c1-3-23(34)31-13-11-19(12-14-31)25-24(17(2)33)26(28)32-27(35-25)21(16-30-32)20-9-10-22(29-15-20)18-7-5-4-6-8-18/h4-10,15-16,19,25,35H,3,11-14,28H2,1-2H3. The number of nitrogens with zero attached hydrogens (tertiary/aromatic N) is 4. The van der Waals surface area contributed by atoms with Crippen molar-refractivity contribution in [3.8, 4) is 22.4 Å². The summed E-state index contributed by atoms with van der Waals surface area (Å²) < 4.78 is 1.74. The zero-order valence-corrected chi connectivity index (χ0v) is 21.1. The third kappa shape index (κ3) is 4.41. The van der Waals surface area contributed by atoms with Gasteiger partial charge in [-0.2, -0.15) is 5.10 Å². The SMILES string of the molecule is CCC(=O)N1CCC(C2Pc3c(-c4ccc(-c5ccccc5)nc4)cnn3C(N)=C2C(C)=O)CC1. The second-order valence-electron chi connectivity index (χ2n) is 9.17. The van der Waals surface area contributed by atoms with Crippen molar-refractivity contribution in [1.29, 1.82) is 0 Å². The fraction of sp³-hybridized carbons (Fsp3) is 0.333. The van der Waals surface area contributed by atoms with Crippen LogP contribution in [-0.2, 0) is 9.59 Å². The van der Waals surface area contributed by atoms with Gasteiger partial charge in [-0.15, -0.1) is 0 Å². The Hall–Kier alpha value is -3.31. The second kappa shape index (κ2) is 9.74. The van der Waals surface area contributed by atoms with E-state index in [1.807, 2.05) is 60.6 Å². The summed E-state index contributed by atoms with van der Waals surface area (Å²) in [4.78, 5) is 31.5. The molecule has 5 rings (SSSR count). The number of carbonyl (C=O) groups excluding carboxylic acids is 2. The van der Waals surface area contributed by atoms with Gasteiger partial charge in [-0.1, -0.05) is 51.9 Å². The van der Waals surface area contributed by atoms with Gasteiger partial charge in [0.2, 0.25) is 5.91 Å². The van der Waals surface area contributed by atoms with Crippen LogP contribution in [0.2, 0.25) is 0 Å². The predicted molar refractivity (Wildman–Crippen MR) is 140 cm³/mol. The van der Waals surface area contributed by atoms with E-state index >= 15 is 0 Å². The summed E-state index contributed by atoms with van der Waals surface area (Å²) in [5.41, 5.74) is 12.3. The number of aromatic nitrogens is 3. The highest BCUT2D eigenvalue weighted by molar-refractivity contribution is 7.48. The fourth-order valence-electron chi connectivity index (χ4n) is 5.17. The number of pyridine rings is 1. The highest BCUT2D eigenvalue weighted by Crippen LogP contribution is 2.43. The van der Waals surface area contributed by atoms with Gasteiger partial charge in [0.15, 0.2) is 5.78 Å². The van der Waals surface area contributed by atoms with Crippen LogP contribution < -0.4 is 11.2 Å². The number of hydrogen-bond donors (Lipinski definition) is 1. The molecule has 1 aromatic carbocycles. The Labute approximate surface area is 207 Å². The first kappa shape index (κ1) is 23.4. The molecule has 1 amide bonds. The fourth-order valence-corrected chi connectivity index (χ4v) is 7.19. The Morgan fingerprint density at radius 3 is 2.43 bits per heavy atom. The van der Waals surface area contributed by atoms with Crippen LogP contribution in [-0.4, -0.2) is 50.1 Å². The molecule has 2 aliphatic rings. The molecular formula is C27H30N5O2P. The lowest BCUT2D eigenvalue weighted by Crippen LogP contribution is -2.43. The van der Waals surface area contributed by atoms with Crippen LogP contribution in [0, 0.1) is 5.92 Å². The Morgan fingerprint density at radius 2 is 1.80 bits per heavy atom. The summed E-state index contributed by atoms with van der Waals surface area (Å²) in [6.45, 7) is 4.97. The molecule has 2 atom stereocenters. The molecule has 1 fully saturated rings. The summed E-state index contributed by atoms with van der Waals surface area (Å²) in [6.07, 6.45) is 6.00. The third-order valence-corrected chi connectivity index (χ3v) is 8.89. The monoisotopic (exact) mass is 487 g/mol. The molecule has 2 N–H and O–H groups in total. The van der Waals surface area contributed by atoms with E-state index in [9.17, 15) is 9.59 Å². The normalized spacial score (nSPS) is 19.1. The van der Waals surface area contributed by atoms with Crippen molar-refractivity contribution < 1.29 is 9.59 Å². The Bertz CT molecular complexity index is 1270. The van der Waals surface area contributed by atoms with Crippen molar-refractivity contribution in [1.82, 2.24) is 19.7 Å². The van der Waals surface area contributed by atoms with E-state index in [2.05, 4.69) is 16.1 Å². The Balaban J connectivity index is 1.45. The Kier molecular flexibility index (Phi) is 6.52. The van der Waals surface area contributed by atoms with E-state index in [-0.39, 0.29) is 17.3 Å². The number of allylic oxidation sites excluding steroid dienone is 1. The maximum Gasteiger partial charge on any atom is 0.222 e. The summed E-state index contributed by atoms with van der Waals surface area (Å²) >= 11 is 0. The molecule has 2 aromatic heterocycles. The van der Waals surface area contributed by atoms with Gasteiger partial charge in [0.1, 0.15) is 5.82 Å². The lowest BCUT2D eigenvalue weighted by atomic mass is 9.87. The minimum Gasteiger partial charge on any atom is -0.383 e. The number of amides is 1. The van der Waals surface area contributed by atoms with Crippen LogP contribution in [0.1, 0.15) is 33.1 Å². The van der Waals surface area contributed by atoms with E-state index in [0.29, 0.717) is 32.3 Å². The molecule has 7 nitrogen and oxygen atoms in total. The van der Waals surface area contributed by atoms with Gasteiger partial charge in [-0.25, -0.2) is 4.68 Å². The van der Waals surface area contributed by atoms with Crippen LogP contribution in [0.4, 0.5) is 0 Å². The smallest absolute Gasteiger partial charge is 0.222 e. The highest BCUT2D eigenvalue weighted by Gasteiger charge is 2.38. The molecule has 0 spiro atoms. The third-order valence-electron chi connectivity index (χ3n) is 7.07. The first-order chi connectivity index (χ1) is 17.0. The summed E-state index contributed by atoms with van der Waals surface area (Å²) in [6, 6.07) is 14.2. The molecule has 4 heterocycles. The van der Waals surface area contributed by atoms with Crippen LogP contribution in [0.15, 0.2) is 60.4 Å². The number of benzene rings is 1. The van der Waals surface area contributed by atoms with Crippen LogP contribution in [0.25, 0.3) is 28.2 Å². The van der Waals surface area contributed by atoms with E-state index in [1.54, 1.807) is 11.6 Å². The molecule has 3 aromatic rings. The molecular weight excluding hydrogens is 457 g/mol. The van der Waals surface area contributed by atoms with Crippen molar-refractivity contribution in [3.05, 3.63) is 60.4 Å². The van der Waals surface area contributed by atoms with Crippen molar-refractivity contribution in [2.75, 3.05) is 13.1 Å². The minimum atomic E-state index is 0.00337. The molecule has 8 heteroatoms. The lowest BCUT2D eigenvalue weighted by Gasteiger charge is -2.38. The maximum absolute atomic E-state index is 12.7. The predicted octanol–water partition coefficient (Wildman–Crippen LogP) is 3.66. The molecule has 2 unspecified atom stereocenters. The van der Waals surface area contributed by atoms with Crippen molar-refractivity contribution in [3.63, 3.8) is 0 Å². The molecule has 0 aliphatic carbocycles. The number of carbonyl (C=O) groups is 2. The molecule has 2 aliphatic heterocycles. The van der Waals surface area contributed by atoms with Crippen molar-refractivity contribution >= 4 is 31.5 Å². The van der Waals surface area contributed by atoms with Gasteiger partial charge in [0.25, 0.3) is 0 Å². The Morgan fingerprint density at radius 1 is 1.06 bits per heavy atom. The second-order valence-corrected chi connectivity index (χ2v) is 10.5. The molecule has 180 valence electrons. The first-order valence-electron chi connectivity index (χ1n) is 12.1. The number of Topliss-reactive ketones (excluding diaryl/α,β-unsaturated/α-hetero) is 1. The number of likely N-dealkylation sites (tertiary alicyclic amines) is 1. The maximum atomic E-state index is 12.7. The zero-order chi connectivity index (χ0) is 24.5. The van der Waals surface area contributed by atoms with Gasteiger partial charge >= 0.3 is 0 Å². The number of rotatable bonds is 5. The van der Waals surface area contributed by atoms with Crippen LogP contribution in [0.5, 0.6) is 0 Å². The number of hydrogen-bond acceptors (Lipinski definition) is 5. The quantitative estimate of drug-likeness (QED) is 0.555. The molecule has 0 bridgehead atoms. The van der Waals surface area contributed by atoms with Crippen molar-refractivity contribution in [2.24, 2.45) is 11.7 Å². The molecule has 1 saturated heterocycles. The van der Waals surface area contributed by atoms with E-state index < -0.39 is 0 Å². The van der Waals surface area contributed by atoms with Gasteiger partial charge in [0.05, 0.1) is 17.3 Å². The largest absolute Gasteiger partial charge is 0.383 e. The highest BCUT2D eigenvalue weighted by atomic mass is 31.1. The summed E-state index contributed by atoms with van der Waals surface area (Å²) in [5.74, 6) is 0.942. The van der Waals surface area contributed by atoms with Gasteiger partial charge in [0, 0.05) is 53.6 Å². The number of fused-ring (bicyclic) bond motifs is 1. The first-order valence-corrected chi connectivity index (χ1v) is 13.2. The topological polar surface area (TPSA) is 94.1 Å². The van der Waals surface area contributed by atoms with Gasteiger partial charge < -0.3 is 10.6 Å². The minimum absolute atomic E-state index is 0.00337. The van der Waals surface area contributed by atoms with E-state index in [0.717, 1.165) is 53.8 Å². The molecule has 0 radical (unpaired) electrons. The number of ketones is 1. The number of nitrogens with two attached hydrogens (primary N) is 1. The van der Waals surface area contributed by atoms with Crippen LogP contribution in [0.3, 0.4) is 0 Å². The average Bonchev–Trinajstić information content (AvgIpc) is 3.33.